The highest BCUT2D eigenvalue weighted by Crippen LogP contribution is 2.40. The second-order valence-corrected chi connectivity index (χ2v) is 5.47. The maximum atomic E-state index is 13.0. The zero-order valence-corrected chi connectivity index (χ0v) is 11.9. The van der Waals surface area contributed by atoms with Gasteiger partial charge in [-0.1, -0.05) is 6.58 Å². The first-order valence-electron chi connectivity index (χ1n) is 5.41. The summed E-state index contributed by atoms with van der Waals surface area (Å²) in [5.74, 6) is -6.01. The molecule has 1 unspecified atom stereocenters. The van der Waals surface area contributed by atoms with E-state index in [1.165, 1.54) is 6.92 Å². The van der Waals surface area contributed by atoms with E-state index in [1.807, 2.05) is 0 Å². The summed E-state index contributed by atoms with van der Waals surface area (Å²) in [5, 5.41) is -5.76. The van der Waals surface area contributed by atoms with Crippen molar-refractivity contribution in [2.24, 2.45) is 0 Å². The van der Waals surface area contributed by atoms with Crippen LogP contribution in [-0.2, 0) is 24.4 Å². The summed E-state index contributed by atoms with van der Waals surface area (Å²) >= 11 is 0. The molecule has 0 aromatic carbocycles. The van der Waals surface area contributed by atoms with E-state index in [2.05, 4.69) is 16.1 Å². The average Bonchev–Trinajstić information content (AvgIpc) is 2.26. The van der Waals surface area contributed by atoms with Gasteiger partial charge in [0.25, 0.3) is 0 Å². The summed E-state index contributed by atoms with van der Waals surface area (Å²) in [5.41, 5.74) is -0.000221. The first kappa shape index (κ1) is 19.8. The van der Waals surface area contributed by atoms with E-state index in [-0.39, 0.29) is 5.57 Å². The van der Waals surface area contributed by atoms with Crippen molar-refractivity contribution in [1.29, 1.82) is 0 Å². The molecule has 124 valence electrons. The number of carbonyl (C=O) groups is 1. The lowest BCUT2D eigenvalue weighted by Gasteiger charge is -2.28. The van der Waals surface area contributed by atoms with Gasteiger partial charge in [0, 0.05) is 12.0 Å². The van der Waals surface area contributed by atoms with Crippen LogP contribution in [0.3, 0.4) is 0 Å². The molecule has 21 heavy (non-hydrogen) atoms. The fraction of sp³-hybridized carbons (Fsp3) is 0.700. The Bertz CT molecular complexity index is 502. The molecular weight excluding hydrogens is 324 g/mol. The van der Waals surface area contributed by atoms with Crippen molar-refractivity contribution in [3.63, 3.8) is 0 Å². The minimum Gasteiger partial charge on any atom is -0.743 e. The summed E-state index contributed by atoms with van der Waals surface area (Å²) in [4.78, 5) is 11.0. The second-order valence-electron chi connectivity index (χ2n) is 4.05. The van der Waals surface area contributed by atoms with Crippen LogP contribution in [0.2, 0.25) is 0 Å². The number of carbonyl (C=O) groups excluding carboxylic acids is 1. The highest BCUT2D eigenvalue weighted by molar-refractivity contribution is 7.86. The minimum atomic E-state index is -6.53. The Kier molecular flexibility index (Phi) is 6.32. The van der Waals surface area contributed by atoms with Crippen molar-refractivity contribution in [2.45, 2.75) is 37.7 Å². The molecule has 0 radical (unpaired) electrons. The van der Waals surface area contributed by atoms with Crippen molar-refractivity contribution in [2.75, 3.05) is 6.61 Å². The Morgan fingerprint density at radius 3 is 2.19 bits per heavy atom. The summed E-state index contributed by atoms with van der Waals surface area (Å²) < 4.78 is 90.9. The molecule has 0 amide bonds. The smallest absolute Gasteiger partial charge is 0.396 e. The molecule has 0 N–H and O–H groups in total. The first-order valence-corrected chi connectivity index (χ1v) is 6.82. The van der Waals surface area contributed by atoms with Crippen molar-refractivity contribution in [3.8, 4) is 0 Å². The molecule has 0 rings (SSSR count). The second kappa shape index (κ2) is 6.71. The molecule has 0 aliphatic rings. The standard InChI is InChI=1S/C10H14F4O6S/c1-6(2)8(15)20-7(3)19-5-4-9(11,12)10(13,14)21(16,17)18/h7H,1,4-5H2,2-3H3,(H,16,17,18)/p-1. The Labute approximate surface area is 118 Å². The van der Waals surface area contributed by atoms with Gasteiger partial charge >= 0.3 is 17.1 Å². The predicted molar refractivity (Wildman–Crippen MR) is 60.5 cm³/mol. The molecule has 0 bridgehead atoms. The first-order chi connectivity index (χ1) is 9.22. The quantitative estimate of drug-likeness (QED) is 0.220. The zero-order chi connectivity index (χ0) is 17.1. The van der Waals surface area contributed by atoms with E-state index in [1.54, 1.807) is 0 Å². The highest BCUT2D eigenvalue weighted by atomic mass is 32.2. The lowest BCUT2D eigenvalue weighted by atomic mass is 10.2. The summed E-state index contributed by atoms with van der Waals surface area (Å²) in [6, 6.07) is 0. The molecular formula is C10H13F4O6S-. The molecule has 0 aliphatic heterocycles. The molecule has 0 fully saturated rings. The Morgan fingerprint density at radius 1 is 1.33 bits per heavy atom. The van der Waals surface area contributed by atoms with Crippen molar-refractivity contribution in [1.82, 2.24) is 0 Å². The van der Waals surface area contributed by atoms with Crippen LogP contribution in [0.4, 0.5) is 17.6 Å². The number of rotatable bonds is 8. The van der Waals surface area contributed by atoms with Gasteiger partial charge in [-0.25, -0.2) is 13.2 Å². The van der Waals surface area contributed by atoms with E-state index in [4.69, 9.17) is 0 Å². The lowest BCUT2D eigenvalue weighted by molar-refractivity contribution is -0.191. The third-order valence-corrected chi connectivity index (χ3v) is 3.06. The van der Waals surface area contributed by atoms with Gasteiger partial charge in [0.05, 0.1) is 6.61 Å². The molecule has 11 heteroatoms. The van der Waals surface area contributed by atoms with Crippen LogP contribution in [0, 0.1) is 0 Å². The van der Waals surface area contributed by atoms with E-state index in [9.17, 15) is 35.3 Å². The van der Waals surface area contributed by atoms with Crippen LogP contribution < -0.4 is 0 Å². The minimum absolute atomic E-state index is 0.000221. The van der Waals surface area contributed by atoms with Crippen molar-refractivity contribution < 1.29 is 44.8 Å². The number of hydrogen-bond acceptors (Lipinski definition) is 6. The number of hydrogen-bond donors (Lipinski definition) is 0. The van der Waals surface area contributed by atoms with Gasteiger partial charge in [-0.2, -0.15) is 17.6 Å². The third-order valence-electron chi connectivity index (χ3n) is 2.13. The fourth-order valence-corrected chi connectivity index (χ4v) is 1.43. The molecule has 0 saturated heterocycles. The maximum absolute atomic E-state index is 13.0. The topological polar surface area (TPSA) is 92.7 Å². The van der Waals surface area contributed by atoms with Crippen LogP contribution in [0.25, 0.3) is 0 Å². The lowest BCUT2D eigenvalue weighted by Crippen LogP contribution is -2.47. The molecule has 1 atom stereocenters. The summed E-state index contributed by atoms with van der Waals surface area (Å²) in [6.45, 7) is 4.60. The van der Waals surface area contributed by atoms with Gasteiger partial charge in [-0.3, -0.25) is 0 Å². The summed E-state index contributed by atoms with van der Waals surface area (Å²) in [7, 11) is -6.53. The fourth-order valence-electron chi connectivity index (χ4n) is 0.967. The predicted octanol–water partition coefficient (Wildman–Crippen LogP) is 1.63. The SMILES string of the molecule is C=C(C)C(=O)OC(C)OCCC(F)(F)C(F)(F)S(=O)(=O)[O-]. The van der Waals surface area contributed by atoms with Gasteiger partial charge in [0.2, 0.25) is 0 Å². The van der Waals surface area contributed by atoms with Crippen LogP contribution in [0.5, 0.6) is 0 Å². The monoisotopic (exact) mass is 337 g/mol. The zero-order valence-electron chi connectivity index (χ0n) is 11.1. The van der Waals surface area contributed by atoms with Gasteiger partial charge < -0.3 is 14.0 Å². The van der Waals surface area contributed by atoms with Crippen LogP contribution in [-0.4, -0.2) is 43.0 Å². The van der Waals surface area contributed by atoms with E-state index < -0.39 is 46.6 Å². The molecule has 0 saturated carbocycles. The van der Waals surface area contributed by atoms with Gasteiger partial charge in [0.15, 0.2) is 16.4 Å². The molecule has 0 aromatic heterocycles. The molecule has 6 nitrogen and oxygen atoms in total. The normalized spacial score (nSPS) is 14.6. The van der Waals surface area contributed by atoms with Crippen LogP contribution in [0.1, 0.15) is 20.3 Å². The van der Waals surface area contributed by atoms with Crippen molar-refractivity contribution >= 4 is 16.1 Å². The highest BCUT2D eigenvalue weighted by Gasteiger charge is 2.61. The maximum Gasteiger partial charge on any atom is 0.396 e. The van der Waals surface area contributed by atoms with E-state index in [0.29, 0.717) is 0 Å². The molecule has 0 heterocycles. The third kappa shape index (κ3) is 5.25. The average molecular weight is 337 g/mol. The largest absolute Gasteiger partial charge is 0.743 e. The molecule has 0 aromatic rings. The Morgan fingerprint density at radius 2 is 1.81 bits per heavy atom. The number of alkyl halides is 4. The number of ether oxygens (including phenoxy) is 2. The molecule has 0 aliphatic carbocycles. The van der Waals surface area contributed by atoms with E-state index in [0.717, 1.165) is 6.92 Å². The number of halogens is 4. The molecule has 0 spiro atoms. The van der Waals surface area contributed by atoms with Crippen molar-refractivity contribution in [3.05, 3.63) is 12.2 Å². The van der Waals surface area contributed by atoms with Gasteiger partial charge in [-0.05, 0) is 13.8 Å². The van der Waals surface area contributed by atoms with Gasteiger partial charge in [-0.15, -0.1) is 0 Å². The van der Waals surface area contributed by atoms with Gasteiger partial charge in [0.1, 0.15) is 0 Å². The van der Waals surface area contributed by atoms with Crippen LogP contribution in [0.15, 0.2) is 12.2 Å². The van der Waals surface area contributed by atoms with E-state index >= 15 is 0 Å². The Balaban J connectivity index is 4.53. The summed E-state index contributed by atoms with van der Waals surface area (Å²) in [6.07, 6.45) is -3.10. The van der Waals surface area contributed by atoms with Crippen LogP contribution >= 0.6 is 0 Å². The Hall–Kier alpha value is -1.20. The number of esters is 1.